The van der Waals surface area contributed by atoms with Crippen molar-refractivity contribution in [1.82, 2.24) is 5.01 Å². The Hall–Kier alpha value is -0.0800. The third-order valence-electron chi connectivity index (χ3n) is 1.50. The van der Waals surface area contributed by atoms with E-state index >= 15 is 0 Å². The fourth-order valence-electron chi connectivity index (χ4n) is 0.847. The van der Waals surface area contributed by atoms with Crippen LogP contribution in [0.3, 0.4) is 0 Å². The van der Waals surface area contributed by atoms with Crippen molar-refractivity contribution in [3.8, 4) is 0 Å². The molecule has 0 heterocycles. The fourth-order valence-corrected chi connectivity index (χ4v) is 0.847. The number of rotatable bonds is 3. The molecule has 2 nitrogen and oxygen atoms in total. The first-order valence-corrected chi connectivity index (χ1v) is 3.36. The van der Waals surface area contributed by atoms with Gasteiger partial charge >= 0.3 is 0 Å². The first-order valence-electron chi connectivity index (χ1n) is 3.36. The maximum Gasteiger partial charge on any atom is 0.0242 e. The van der Waals surface area contributed by atoms with Gasteiger partial charge in [-0.25, -0.2) is 5.01 Å². The van der Waals surface area contributed by atoms with Crippen molar-refractivity contribution in [3.63, 3.8) is 0 Å². The predicted octanol–water partition coefficient (Wildman–Crippen LogP) is 0.734. The molecule has 1 saturated carbocycles. The second-order valence-corrected chi connectivity index (χ2v) is 2.47. The van der Waals surface area contributed by atoms with E-state index in [0.717, 1.165) is 12.6 Å². The molecule has 1 aliphatic rings. The van der Waals surface area contributed by atoms with Gasteiger partial charge < -0.3 is 0 Å². The average Bonchev–Trinajstić information content (AvgIpc) is 2.45. The zero-order valence-corrected chi connectivity index (χ0v) is 5.43. The molecule has 0 aromatic heterocycles. The summed E-state index contributed by atoms with van der Waals surface area (Å²) >= 11 is 0. The molecular weight excluding hydrogens is 100 g/mol. The molecule has 0 saturated heterocycles. The first kappa shape index (κ1) is 6.05. The molecule has 0 spiro atoms. The maximum atomic E-state index is 5.62. The van der Waals surface area contributed by atoms with E-state index in [1.807, 2.05) is 5.01 Å². The SMILES string of the molecule is CCCN(N)C1CC1. The third-order valence-corrected chi connectivity index (χ3v) is 1.50. The van der Waals surface area contributed by atoms with Gasteiger partial charge in [0.15, 0.2) is 0 Å². The third kappa shape index (κ3) is 1.46. The summed E-state index contributed by atoms with van der Waals surface area (Å²) in [5.74, 6) is 5.62. The smallest absolute Gasteiger partial charge is 0.0242 e. The van der Waals surface area contributed by atoms with Crippen LogP contribution in [0.15, 0.2) is 0 Å². The van der Waals surface area contributed by atoms with Crippen LogP contribution in [0.2, 0.25) is 0 Å². The molecule has 0 bridgehead atoms. The first-order chi connectivity index (χ1) is 3.84. The van der Waals surface area contributed by atoms with Crippen molar-refractivity contribution in [2.75, 3.05) is 6.54 Å². The normalized spacial score (nSPS) is 19.9. The molecule has 2 N–H and O–H groups in total. The molecule has 0 unspecified atom stereocenters. The lowest BCUT2D eigenvalue weighted by molar-refractivity contribution is 0.273. The molecule has 0 amide bonds. The number of hydrazine groups is 1. The van der Waals surface area contributed by atoms with Gasteiger partial charge in [-0.1, -0.05) is 6.92 Å². The number of hydrogen-bond acceptors (Lipinski definition) is 2. The molecule has 48 valence electrons. The molecule has 0 aromatic rings. The van der Waals surface area contributed by atoms with E-state index in [9.17, 15) is 0 Å². The maximum absolute atomic E-state index is 5.62. The standard InChI is InChI=1S/C6H14N2/c1-2-5-8(7)6-3-4-6/h6H,2-5,7H2,1H3. The quantitative estimate of drug-likeness (QED) is 0.433. The molecule has 8 heavy (non-hydrogen) atoms. The summed E-state index contributed by atoms with van der Waals surface area (Å²) in [4.78, 5) is 0. The van der Waals surface area contributed by atoms with Gasteiger partial charge in [0.25, 0.3) is 0 Å². The molecule has 1 rings (SSSR count). The van der Waals surface area contributed by atoms with Crippen LogP contribution in [0.1, 0.15) is 26.2 Å². The summed E-state index contributed by atoms with van der Waals surface area (Å²) in [6.07, 6.45) is 3.81. The second-order valence-electron chi connectivity index (χ2n) is 2.47. The Morgan fingerprint density at radius 1 is 1.62 bits per heavy atom. The minimum absolute atomic E-state index is 0.731. The molecular formula is C6H14N2. The van der Waals surface area contributed by atoms with E-state index in [2.05, 4.69) is 6.92 Å². The molecule has 0 aliphatic heterocycles. The van der Waals surface area contributed by atoms with Crippen molar-refractivity contribution in [2.45, 2.75) is 32.2 Å². The van der Waals surface area contributed by atoms with Gasteiger partial charge in [-0.2, -0.15) is 0 Å². The van der Waals surface area contributed by atoms with E-state index in [-0.39, 0.29) is 0 Å². The lowest BCUT2D eigenvalue weighted by atomic mass is 10.4. The summed E-state index contributed by atoms with van der Waals surface area (Å²) < 4.78 is 0. The minimum atomic E-state index is 0.731. The summed E-state index contributed by atoms with van der Waals surface area (Å²) in [6.45, 7) is 3.22. The van der Waals surface area contributed by atoms with Crippen molar-refractivity contribution < 1.29 is 0 Å². The molecule has 0 aromatic carbocycles. The number of hydrogen-bond donors (Lipinski definition) is 1. The van der Waals surface area contributed by atoms with Crippen LogP contribution < -0.4 is 5.84 Å². The van der Waals surface area contributed by atoms with Gasteiger partial charge in [-0.3, -0.25) is 5.84 Å². The van der Waals surface area contributed by atoms with Crippen LogP contribution in [0.25, 0.3) is 0 Å². The van der Waals surface area contributed by atoms with Crippen LogP contribution in [0.4, 0.5) is 0 Å². The van der Waals surface area contributed by atoms with E-state index in [1.54, 1.807) is 0 Å². The lowest BCUT2D eigenvalue weighted by Crippen LogP contribution is -2.33. The van der Waals surface area contributed by atoms with Gasteiger partial charge in [-0.05, 0) is 19.3 Å². The van der Waals surface area contributed by atoms with Gasteiger partial charge in [-0.15, -0.1) is 0 Å². The Morgan fingerprint density at radius 3 is 2.62 bits per heavy atom. The Balaban J connectivity index is 2.03. The van der Waals surface area contributed by atoms with Crippen molar-refractivity contribution in [2.24, 2.45) is 5.84 Å². The summed E-state index contributed by atoms with van der Waals surface area (Å²) in [6, 6.07) is 0.731. The van der Waals surface area contributed by atoms with E-state index in [4.69, 9.17) is 5.84 Å². The largest absolute Gasteiger partial charge is 0.269 e. The monoisotopic (exact) mass is 114 g/mol. The number of nitrogens with two attached hydrogens (primary N) is 1. The fraction of sp³-hybridized carbons (Fsp3) is 1.00. The highest BCUT2D eigenvalue weighted by Gasteiger charge is 2.25. The Kier molecular flexibility index (Phi) is 1.86. The minimum Gasteiger partial charge on any atom is -0.269 e. The van der Waals surface area contributed by atoms with Crippen LogP contribution in [-0.4, -0.2) is 17.6 Å². The van der Waals surface area contributed by atoms with E-state index in [0.29, 0.717) is 0 Å². The Labute approximate surface area is 50.6 Å². The highest BCUT2D eigenvalue weighted by Crippen LogP contribution is 2.23. The van der Waals surface area contributed by atoms with E-state index in [1.165, 1.54) is 19.3 Å². The number of nitrogens with zero attached hydrogens (tertiary/aromatic N) is 1. The zero-order valence-electron chi connectivity index (χ0n) is 5.43. The van der Waals surface area contributed by atoms with Gasteiger partial charge in [0.2, 0.25) is 0 Å². The van der Waals surface area contributed by atoms with Gasteiger partial charge in [0, 0.05) is 12.6 Å². The average molecular weight is 114 g/mol. The van der Waals surface area contributed by atoms with Crippen LogP contribution in [0, 0.1) is 0 Å². The molecule has 1 aliphatic carbocycles. The summed E-state index contributed by atoms with van der Waals surface area (Å²) in [5.41, 5.74) is 0. The highest BCUT2D eigenvalue weighted by molar-refractivity contribution is 4.80. The predicted molar refractivity (Wildman–Crippen MR) is 34.2 cm³/mol. The highest BCUT2D eigenvalue weighted by atomic mass is 15.4. The Bertz CT molecular complexity index is 68.9. The summed E-state index contributed by atoms with van der Waals surface area (Å²) in [7, 11) is 0. The molecule has 2 heteroatoms. The Morgan fingerprint density at radius 2 is 2.25 bits per heavy atom. The molecule has 1 fully saturated rings. The topological polar surface area (TPSA) is 29.3 Å². The van der Waals surface area contributed by atoms with Crippen molar-refractivity contribution >= 4 is 0 Å². The zero-order chi connectivity index (χ0) is 5.98. The molecule has 0 atom stereocenters. The van der Waals surface area contributed by atoms with Crippen LogP contribution in [0.5, 0.6) is 0 Å². The second kappa shape index (κ2) is 2.46. The molecule has 0 radical (unpaired) electrons. The van der Waals surface area contributed by atoms with Crippen molar-refractivity contribution in [3.05, 3.63) is 0 Å². The van der Waals surface area contributed by atoms with Crippen LogP contribution in [-0.2, 0) is 0 Å². The van der Waals surface area contributed by atoms with Crippen LogP contribution >= 0.6 is 0 Å². The van der Waals surface area contributed by atoms with Gasteiger partial charge in [0.1, 0.15) is 0 Å². The van der Waals surface area contributed by atoms with E-state index < -0.39 is 0 Å². The van der Waals surface area contributed by atoms with Gasteiger partial charge in [0.05, 0.1) is 0 Å². The summed E-state index contributed by atoms with van der Waals surface area (Å²) in [5, 5.41) is 1.96. The van der Waals surface area contributed by atoms with Crippen molar-refractivity contribution in [1.29, 1.82) is 0 Å². The lowest BCUT2D eigenvalue weighted by Gasteiger charge is -2.12.